The minimum Gasteiger partial charge on any atom is -0.490 e. The first-order valence-electron chi connectivity index (χ1n) is 12.3. The van der Waals surface area contributed by atoms with Gasteiger partial charge >= 0.3 is 5.97 Å². The van der Waals surface area contributed by atoms with E-state index in [4.69, 9.17) is 32.7 Å². The van der Waals surface area contributed by atoms with E-state index in [1.54, 1.807) is 43.5 Å². The fourth-order valence-corrected chi connectivity index (χ4v) is 5.36. The number of ether oxygens (including phenoxy) is 2. The molecule has 0 atom stereocenters. The van der Waals surface area contributed by atoms with Gasteiger partial charge in [0.1, 0.15) is 6.61 Å². The van der Waals surface area contributed by atoms with Crippen molar-refractivity contribution in [2.75, 3.05) is 13.7 Å². The van der Waals surface area contributed by atoms with Gasteiger partial charge in [-0.2, -0.15) is 0 Å². The van der Waals surface area contributed by atoms with Crippen molar-refractivity contribution in [3.8, 4) is 11.5 Å². The third kappa shape index (κ3) is 6.88. The highest BCUT2D eigenvalue weighted by Crippen LogP contribution is 2.38. The third-order valence-corrected chi connectivity index (χ3v) is 7.47. The Morgan fingerprint density at radius 1 is 1.12 bits per heavy atom. The second-order valence-electron chi connectivity index (χ2n) is 8.68. The van der Waals surface area contributed by atoms with Gasteiger partial charge < -0.3 is 14.6 Å². The molecule has 0 aliphatic carbocycles. The summed E-state index contributed by atoms with van der Waals surface area (Å²) in [5.74, 6) is -0.172. The van der Waals surface area contributed by atoms with Gasteiger partial charge in [-0.05, 0) is 79.2 Å². The minimum absolute atomic E-state index is 0.119. The molecule has 1 aliphatic rings. The van der Waals surface area contributed by atoms with E-state index in [-0.39, 0.29) is 18.1 Å². The van der Waals surface area contributed by atoms with Crippen molar-refractivity contribution in [1.82, 2.24) is 4.90 Å². The number of amidine groups is 1. The maximum Gasteiger partial charge on any atom is 0.335 e. The number of hydrogen-bond acceptors (Lipinski definition) is 6. The first-order chi connectivity index (χ1) is 19.2. The van der Waals surface area contributed by atoms with Gasteiger partial charge in [-0.25, -0.2) is 9.79 Å². The molecule has 1 saturated heterocycles. The summed E-state index contributed by atoms with van der Waals surface area (Å²) in [5.41, 5.74) is 2.92. The van der Waals surface area contributed by atoms with E-state index in [1.807, 2.05) is 25.1 Å². The smallest absolute Gasteiger partial charge is 0.335 e. The first kappa shape index (κ1) is 29.3. The number of amides is 1. The van der Waals surface area contributed by atoms with Crippen molar-refractivity contribution < 1.29 is 24.2 Å². The quantitative estimate of drug-likeness (QED) is 0.191. The molecule has 1 fully saturated rings. The van der Waals surface area contributed by atoms with Gasteiger partial charge in [0.15, 0.2) is 16.7 Å². The summed E-state index contributed by atoms with van der Waals surface area (Å²) in [5, 5.41) is 10.7. The van der Waals surface area contributed by atoms with Crippen LogP contribution in [0.25, 0.3) is 6.08 Å². The van der Waals surface area contributed by atoms with Crippen LogP contribution < -0.4 is 9.47 Å². The zero-order valence-corrected chi connectivity index (χ0v) is 24.1. The number of nitrogens with zero attached hydrogens (tertiary/aromatic N) is 2. The molecule has 3 aromatic carbocycles. The van der Waals surface area contributed by atoms with Gasteiger partial charge in [-0.3, -0.25) is 9.69 Å². The highest BCUT2D eigenvalue weighted by atomic mass is 35.5. The van der Waals surface area contributed by atoms with Crippen LogP contribution in [0.15, 0.2) is 77.1 Å². The van der Waals surface area contributed by atoms with E-state index in [2.05, 4.69) is 11.6 Å². The molecule has 0 saturated carbocycles. The van der Waals surface area contributed by atoms with Gasteiger partial charge in [-0.1, -0.05) is 41.4 Å². The minimum atomic E-state index is -1.05. The number of allylic oxidation sites excluding steroid dienone is 1. The van der Waals surface area contributed by atoms with Crippen LogP contribution in [0.1, 0.15) is 34.0 Å². The molecule has 40 heavy (non-hydrogen) atoms. The maximum atomic E-state index is 13.1. The molecule has 0 aromatic heterocycles. The van der Waals surface area contributed by atoms with Crippen molar-refractivity contribution in [1.29, 1.82) is 0 Å². The Balaban J connectivity index is 1.65. The number of benzene rings is 3. The van der Waals surface area contributed by atoms with Crippen LogP contribution in [0.2, 0.25) is 10.0 Å². The molecular weight excluding hydrogens is 571 g/mol. The summed E-state index contributed by atoms with van der Waals surface area (Å²) in [6.45, 7) is 6.37. The van der Waals surface area contributed by atoms with E-state index >= 15 is 0 Å². The number of likely N-dealkylation sites (N-methyl/N-ethyl adjacent to an activating group) is 1. The number of aliphatic imine (C=N–C) groups is 1. The molecule has 1 N–H and O–H groups in total. The molecule has 0 bridgehead atoms. The molecule has 10 heteroatoms. The number of aromatic carboxylic acids is 1. The highest BCUT2D eigenvalue weighted by Gasteiger charge is 2.30. The van der Waals surface area contributed by atoms with Crippen molar-refractivity contribution in [3.63, 3.8) is 0 Å². The summed E-state index contributed by atoms with van der Waals surface area (Å²) < 4.78 is 12.1. The molecule has 0 spiro atoms. The zero-order valence-electron chi connectivity index (χ0n) is 21.8. The summed E-state index contributed by atoms with van der Waals surface area (Å²) >= 11 is 13.6. The third-order valence-electron chi connectivity index (χ3n) is 5.82. The molecule has 1 heterocycles. The maximum absolute atomic E-state index is 13.1. The Labute approximate surface area is 246 Å². The van der Waals surface area contributed by atoms with E-state index in [0.717, 1.165) is 16.7 Å². The number of carbonyl (C=O) groups excluding carboxylic acids is 1. The van der Waals surface area contributed by atoms with E-state index in [9.17, 15) is 14.7 Å². The molecule has 206 valence electrons. The molecule has 0 radical (unpaired) electrons. The lowest BCUT2D eigenvalue weighted by atomic mass is 10.0. The van der Waals surface area contributed by atoms with Crippen molar-refractivity contribution >= 4 is 63.8 Å². The van der Waals surface area contributed by atoms with Crippen LogP contribution >= 0.6 is 35.0 Å². The molecule has 0 unspecified atom stereocenters. The number of carbonyl (C=O) groups is 2. The fourth-order valence-electron chi connectivity index (χ4n) is 3.91. The summed E-state index contributed by atoms with van der Waals surface area (Å²) in [6, 6.07) is 15.2. The summed E-state index contributed by atoms with van der Waals surface area (Å²) in [4.78, 5) is 30.8. The number of rotatable bonds is 10. The fraction of sp³-hybridized carbons (Fsp3) is 0.167. The lowest BCUT2D eigenvalue weighted by Gasteiger charge is -2.17. The van der Waals surface area contributed by atoms with E-state index in [0.29, 0.717) is 50.3 Å². The molecule has 3 aromatic rings. The Morgan fingerprint density at radius 2 is 1.93 bits per heavy atom. The number of carboxylic acids is 1. The lowest BCUT2D eigenvalue weighted by Crippen LogP contribution is -2.23. The standard InChI is InChI=1S/C30H26Cl2N2O5S/c1-4-7-19-12-18(13-25(38-5-2)27(19)39-17-21-10-11-22(31)16-24(21)32)14-26-28(35)34(3)30(40-26)33-23-9-6-8-20(15-23)29(36)37/h4,6,8-16H,1,5,7,17H2,2-3H3,(H,36,37)/b26-14+,33-30?. The second kappa shape index (κ2) is 13.1. The number of hydrogen-bond donors (Lipinski definition) is 1. The molecule has 4 rings (SSSR count). The number of halogens is 2. The monoisotopic (exact) mass is 596 g/mol. The SMILES string of the molecule is C=CCc1cc(/C=C2/SC(=Nc3cccc(C(=O)O)c3)N(C)C2=O)cc(OCC)c1OCc1ccc(Cl)cc1Cl. The first-order valence-corrected chi connectivity index (χ1v) is 13.8. The van der Waals surface area contributed by atoms with E-state index in [1.165, 1.54) is 28.8 Å². The largest absolute Gasteiger partial charge is 0.490 e. The summed E-state index contributed by atoms with van der Waals surface area (Å²) in [7, 11) is 1.63. The lowest BCUT2D eigenvalue weighted by molar-refractivity contribution is -0.121. The van der Waals surface area contributed by atoms with Gasteiger partial charge in [0.2, 0.25) is 0 Å². The predicted molar refractivity (Wildman–Crippen MR) is 161 cm³/mol. The topological polar surface area (TPSA) is 88.4 Å². The van der Waals surface area contributed by atoms with Gasteiger partial charge in [-0.15, -0.1) is 6.58 Å². The molecule has 7 nitrogen and oxygen atoms in total. The van der Waals surface area contributed by atoms with Crippen molar-refractivity contribution in [2.45, 2.75) is 20.0 Å². The Bertz CT molecular complexity index is 1540. The van der Waals surface area contributed by atoms with Gasteiger partial charge in [0.25, 0.3) is 5.91 Å². The number of thioether (sulfide) groups is 1. The second-order valence-corrected chi connectivity index (χ2v) is 10.5. The van der Waals surface area contributed by atoms with Crippen LogP contribution in [0.5, 0.6) is 11.5 Å². The van der Waals surface area contributed by atoms with E-state index < -0.39 is 5.97 Å². The van der Waals surface area contributed by atoms with Gasteiger partial charge in [0.05, 0.1) is 22.8 Å². The van der Waals surface area contributed by atoms with Crippen LogP contribution in [0, 0.1) is 0 Å². The van der Waals surface area contributed by atoms with Crippen molar-refractivity contribution in [2.24, 2.45) is 4.99 Å². The van der Waals surface area contributed by atoms with Crippen LogP contribution in [-0.2, 0) is 17.8 Å². The highest BCUT2D eigenvalue weighted by molar-refractivity contribution is 8.18. The normalized spacial score (nSPS) is 15.1. The van der Waals surface area contributed by atoms with Crippen LogP contribution in [0.4, 0.5) is 5.69 Å². The molecule has 1 aliphatic heterocycles. The average molecular weight is 598 g/mol. The molecule has 1 amide bonds. The number of carboxylic acid groups (broad SMARTS) is 1. The zero-order chi connectivity index (χ0) is 28.8. The molecular formula is C30H26Cl2N2O5S. The Morgan fingerprint density at radius 3 is 2.62 bits per heavy atom. The van der Waals surface area contributed by atoms with Crippen LogP contribution in [0.3, 0.4) is 0 Å². The van der Waals surface area contributed by atoms with Crippen molar-refractivity contribution in [3.05, 3.63) is 104 Å². The summed E-state index contributed by atoms with van der Waals surface area (Å²) in [6.07, 6.45) is 4.05. The Hall–Kier alpha value is -3.72. The average Bonchev–Trinajstić information content (AvgIpc) is 3.17. The predicted octanol–water partition coefficient (Wildman–Crippen LogP) is 7.63. The van der Waals surface area contributed by atoms with Crippen LogP contribution in [-0.4, -0.2) is 40.7 Å². The van der Waals surface area contributed by atoms with Gasteiger partial charge in [0, 0.05) is 28.2 Å². The Kier molecular flexibility index (Phi) is 9.58.